The summed E-state index contributed by atoms with van der Waals surface area (Å²) < 4.78 is 49.2. The normalized spacial score (nSPS) is 12.4. The van der Waals surface area contributed by atoms with Crippen molar-refractivity contribution in [2.24, 2.45) is 5.14 Å². The number of sulfone groups is 1. The Bertz CT molecular complexity index is 654. The van der Waals surface area contributed by atoms with Crippen LogP contribution < -0.4 is 9.88 Å². The van der Waals surface area contributed by atoms with Crippen molar-refractivity contribution in [2.45, 2.75) is 11.3 Å². The van der Waals surface area contributed by atoms with Gasteiger partial charge in [-0.05, 0) is 24.6 Å². The summed E-state index contributed by atoms with van der Waals surface area (Å²) in [4.78, 5) is -0.110. The first-order valence-corrected chi connectivity index (χ1v) is 9.21. The summed E-state index contributed by atoms with van der Waals surface area (Å²) in [6.07, 6.45) is 1.47. The van der Waals surface area contributed by atoms with Gasteiger partial charge < -0.3 is 4.74 Å². The van der Waals surface area contributed by atoms with Gasteiger partial charge in [0.1, 0.15) is 15.6 Å². The van der Waals surface area contributed by atoms with Gasteiger partial charge in [0.2, 0.25) is 10.0 Å². The lowest BCUT2D eigenvalue weighted by Crippen LogP contribution is -2.12. The monoisotopic (exact) mass is 327 g/mol. The Kier molecular flexibility index (Phi) is 5.19. The van der Waals surface area contributed by atoms with Crippen molar-refractivity contribution in [2.75, 3.05) is 18.6 Å². The molecule has 1 rings (SSSR count). The molecule has 0 aliphatic rings. The SMILES string of the molecule is CS(=O)(=O)CCCOc1ccc(S(N)(=O)=O)cc1Cl. The van der Waals surface area contributed by atoms with Gasteiger partial charge in [0, 0.05) is 6.26 Å². The van der Waals surface area contributed by atoms with E-state index < -0.39 is 19.9 Å². The van der Waals surface area contributed by atoms with Gasteiger partial charge >= 0.3 is 0 Å². The van der Waals surface area contributed by atoms with Crippen molar-refractivity contribution in [1.29, 1.82) is 0 Å². The molecule has 1 aromatic carbocycles. The van der Waals surface area contributed by atoms with Crippen LogP contribution in [0.1, 0.15) is 6.42 Å². The molecule has 108 valence electrons. The Morgan fingerprint density at radius 3 is 2.37 bits per heavy atom. The van der Waals surface area contributed by atoms with E-state index in [4.69, 9.17) is 21.5 Å². The Morgan fingerprint density at radius 2 is 1.89 bits per heavy atom. The number of benzene rings is 1. The van der Waals surface area contributed by atoms with Crippen LogP contribution in [0.5, 0.6) is 5.75 Å². The van der Waals surface area contributed by atoms with E-state index >= 15 is 0 Å². The summed E-state index contributed by atoms with van der Waals surface area (Å²) in [7, 11) is -6.83. The number of sulfonamides is 1. The second-order valence-corrected chi connectivity index (χ2v) is 8.20. The van der Waals surface area contributed by atoms with Crippen LogP contribution in [0.15, 0.2) is 23.1 Å². The van der Waals surface area contributed by atoms with E-state index in [9.17, 15) is 16.8 Å². The molecule has 0 saturated carbocycles. The lowest BCUT2D eigenvalue weighted by molar-refractivity contribution is 0.317. The summed E-state index contributed by atoms with van der Waals surface area (Å²) in [6, 6.07) is 3.83. The number of halogens is 1. The summed E-state index contributed by atoms with van der Waals surface area (Å²) in [5, 5.41) is 5.05. The van der Waals surface area contributed by atoms with Gasteiger partial charge in [-0.2, -0.15) is 0 Å². The predicted molar refractivity (Wildman–Crippen MR) is 72.6 cm³/mol. The van der Waals surface area contributed by atoms with Crippen molar-refractivity contribution >= 4 is 31.5 Å². The van der Waals surface area contributed by atoms with E-state index in [-0.39, 0.29) is 28.0 Å². The molecule has 0 spiro atoms. The molecule has 2 N–H and O–H groups in total. The zero-order valence-electron chi connectivity index (χ0n) is 10.2. The third-order valence-electron chi connectivity index (χ3n) is 2.15. The van der Waals surface area contributed by atoms with Crippen LogP contribution >= 0.6 is 11.6 Å². The van der Waals surface area contributed by atoms with Gasteiger partial charge in [0.25, 0.3) is 0 Å². The molecule has 0 radical (unpaired) electrons. The fourth-order valence-electron chi connectivity index (χ4n) is 1.28. The molecule has 0 atom stereocenters. The molecule has 9 heteroatoms. The highest BCUT2D eigenvalue weighted by Crippen LogP contribution is 2.26. The molecule has 0 unspecified atom stereocenters. The second-order valence-electron chi connectivity index (χ2n) is 3.97. The highest BCUT2D eigenvalue weighted by atomic mass is 35.5. The number of hydrogen-bond donors (Lipinski definition) is 1. The number of hydrogen-bond acceptors (Lipinski definition) is 5. The van der Waals surface area contributed by atoms with Crippen molar-refractivity contribution in [3.8, 4) is 5.75 Å². The zero-order valence-corrected chi connectivity index (χ0v) is 12.6. The van der Waals surface area contributed by atoms with E-state index in [2.05, 4.69) is 0 Å². The summed E-state index contributed by atoms with van der Waals surface area (Å²) in [6.45, 7) is 0.168. The molecular weight excluding hydrogens is 314 g/mol. The first-order valence-electron chi connectivity index (χ1n) is 5.22. The average Bonchev–Trinajstić information content (AvgIpc) is 2.23. The van der Waals surface area contributed by atoms with Gasteiger partial charge in [0.15, 0.2) is 0 Å². The predicted octanol–water partition coefficient (Wildman–Crippen LogP) is 0.801. The first-order chi connectivity index (χ1) is 8.59. The van der Waals surface area contributed by atoms with Gasteiger partial charge in [-0.25, -0.2) is 22.0 Å². The molecule has 0 aromatic heterocycles. The van der Waals surface area contributed by atoms with Crippen LogP contribution in [0.2, 0.25) is 5.02 Å². The summed E-state index contributed by atoms with van der Waals surface area (Å²) in [5.74, 6) is 0.294. The van der Waals surface area contributed by atoms with Crippen molar-refractivity contribution in [3.05, 3.63) is 23.2 Å². The minimum absolute atomic E-state index is 0.0138. The molecule has 0 bridgehead atoms. The molecule has 0 fully saturated rings. The molecule has 0 heterocycles. The van der Waals surface area contributed by atoms with Crippen molar-refractivity contribution < 1.29 is 21.6 Å². The molecule has 0 amide bonds. The van der Waals surface area contributed by atoms with Gasteiger partial charge in [-0.3, -0.25) is 0 Å². The lowest BCUT2D eigenvalue weighted by Gasteiger charge is -2.08. The maximum absolute atomic E-state index is 11.1. The quantitative estimate of drug-likeness (QED) is 0.778. The van der Waals surface area contributed by atoms with E-state index in [0.29, 0.717) is 6.42 Å². The van der Waals surface area contributed by atoms with Crippen LogP contribution in [-0.4, -0.2) is 35.5 Å². The number of ether oxygens (including phenoxy) is 1. The van der Waals surface area contributed by atoms with E-state index in [1.165, 1.54) is 18.2 Å². The van der Waals surface area contributed by atoms with Crippen LogP contribution in [-0.2, 0) is 19.9 Å². The molecular formula is C10H14ClNO5S2. The highest BCUT2D eigenvalue weighted by molar-refractivity contribution is 7.90. The number of nitrogens with two attached hydrogens (primary N) is 1. The van der Waals surface area contributed by atoms with E-state index in [1.807, 2.05) is 0 Å². The van der Waals surface area contributed by atoms with Gasteiger partial charge in [-0.1, -0.05) is 11.6 Å². The van der Waals surface area contributed by atoms with Crippen LogP contribution in [0.3, 0.4) is 0 Å². The van der Waals surface area contributed by atoms with Crippen LogP contribution in [0, 0.1) is 0 Å². The first kappa shape index (κ1) is 16.2. The second kappa shape index (κ2) is 6.08. The Balaban J connectivity index is 2.66. The summed E-state index contributed by atoms with van der Waals surface area (Å²) in [5.41, 5.74) is 0. The van der Waals surface area contributed by atoms with Crippen LogP contribution in [0.4, 0.5) is 0 Å². The molecule has 6 nitrogen and oxygen atoms in total. The number of rotatable bonds is 6. The van der Waals surface area contributed by atoms with Gasteiger partial charge in [0.05, 0.1) is 22.3 Å². The molecule has 19 heavy (non-hydrogen) atoms. The van der Waals surface area contributed by atoms with Crippen LogP contribution in [0.25, 0.3) is 0 Å². The lowest BCUT2D eigenvalue weighted by atomic mass is 10.3. The Hall–Kier alpha value is -0.830. The van der Waals surface area contributed by atoms with Gasteiger partial charge in [-0.15, -0.1) is 0 Å². The third-order valence-corrected chi connectivity index (χ3v) is 4.39. The topological polar surface area (TPSA) is 104 Å². The Morgan fingerprint density at radius 1 is 1.26 bits per heavy atom. The van der Waals surface area contributed by atoms with E-state index in [1.54, 1.807) is 0 Å². The standard InChI is InChI=1S/C10H14ClNO5S2/c1-18(13,14)6-2-5-17-10-4-3-8(7-9(10)11)19(12,15)16/h3-4,7H,2,5-6H2,1H3,(H2,12,15,16). The Labute approximate surface area is 117 Å². The van der Waals surface area contributed by atoms with Crippen molar-refractivity contribution in [1.82, 2.24) is 0 Å². The fraction of sp³-hybridized carbons (Fsp3) is 0.400. The smallest absolute Gasteiger partial charge is 0.238 e. The minimum atomic E-state index is -3.81. The van der Waals surface area contributed by atoms with E-state index in [0.717, 1.165) is 6.26 Å². The average molecular weight is 328 g/mol. The largest absolute Gasteiger partial charge is 0.492 e. The van der Waals surface area contributed by atoms with Crippen molar-refractivity contribution in [3.63, 3.8) is 0 Å². The highest BCUT2D eigenvalue weighted by Gasteiger charge is 2.11. The molecule has 0 aliphatic carbocycles. The third kappa shape index (κ3) is 5.77. The molecule has 1 aromatic rings. The number of primary sulfonamides is 1. The fourth-order valence-corrected chi connectivity index (χ4v) is 2.76. The molecule has 0 saturated heterocycles. The molecule has 0 aliphatic heterocycles. The zero-order chi connectivity index (χ0) is 14.7. The summed E-state index contributed by atoms with van der Waals surface area (Å²) >= 11 is 5.84. The maximum Gasteiger partial charge on any atom is 0.238 e. The maximum atomic E-state index is 11.1. The minimum Gasteiger partial charge on any atom is -0.492 e.